The number of hydrogen-bond donors (Lipinski definition) is 2. The van der Waals surface area contributed by atoms with Gasteiger partial charge in [0.25, 0.3) is 0 Å². The third-order valence-corrected chi connectivity index (χ3v) is 6.29. The van der Waals surface area contributed by atoms with E-state index in [9.17, 15) is 8.42 Å². The minimum atomic E-state index is -3.52. The molecule has 0 saturated heterocycles. The lowest BCUT2D eigenvalue weighted by molar-refractivity contribution is 0.249. The van der Waals surface area contributed by atoms with Gasteiger partial charge in [0.1, 0.15) is 0 Å². The number of aliphatic hydroxyl groups is 1. The molecule has 1 aliphatic carbocycles. The molecule has 1 aromatic rings. The third-order valence-electron chi connectivity index (χ3n) is 3.42. The number of benzene rings is 1. The lowest BCUT2D eigenvalue weighted by Gasteiger charge is -2.15. The number of nitrogens with one attached hydrogen (secondary N) is 1. The van der Waals surface area contributed by atoms with Gasteiger partial charge in [0.2, 0.25) is 10.0 Å². The molecule has 7 heteroatoms. The summed E-state index contributed by atoms with van der Waals surface area (Å²) in [6.45, 7) is 0.488. The predicted octanol–water partition coefficient (Wildman–Crippen LogP) is 2.65. The summed E-state index contributed by atoms with van der Waals surface area (Å²) in [5, 5.41) is 8.97. The van der Waals surface area contributed by atoms with Gasteiger partial charge in [0.05, 0.1) is 4.90 Å². The molecule has 0 aliphatic heterocycles. The summed E-state index contributed by atoms with van der Waals surface area (Å²) in [5.74, 6) is 0. The van der Waals surface area contributed by atoms with Crippen LogP contribution in [-0.2, 0) is 10.0 Å². The van der Waals surface area contributed by atoms with Crippen LogP contribution in [0.2, 0.25) is 0 Å². The lowest BCUT2D eigenvalue weighted by atomic mass is 10.0. The molecule has 106 valence electrons. The largest absolute Gasteiger partial charge is 0.396 e. The second kappa shape index (κ2) is 5.81. The van der Waals surface area contributed by atoms with Crippen molar-refractivity contribution in [3.05, 3.63) is 27.1 Å². The van der Waals surface area contributed by atoms with Gasteiger partial charge < -0.3 is 5.11 Å². The summed E-state index contributed by atoms with van der Waals surface area (Å²) in [7, 11) is -3.52. The van der Waals surface area contributed by atoms with Gasteiger partial charge in [-0.25, -0.2) is 13.1 Å². The Morgan fingerprint density at radius 3 is 2.53 bits per heavy atom. The SMILES string of the molecule is O=S(=O)(NCC1(CCO)CC1)c1ccc(Br)cc1Br. The van der Waals surface area contributed by atoms with Crippen LogP contribution in [0, 0.1) is 5.41 Å². The lowest BCUT2D eigenvalue weighted by Crippen LogP contribution is -2.31. The molecule has 0 atom stereocenters. The first kappa shape index (κ1) is 15.4. The number of halogens is 2. The quantitative estimate of drug-likeness (QED) is 0.754. The zero-order chi connectivity index (χ0) is 14.1. The Bertz CT molecular complexity index is 570. The molecule has 0 radical (unpaired) electrons. The van der Waals surface area contributed by atoms with Crippen molar-refractivity contribution in [3.8, 4) is 0 Å². The third kappa shape index (κ3) is 3.78. The number of sulfonamides is 1. The van der Waals surface area contributed by atoms with Crippen LogP contribution in [0.1, 0.15) is 19.3 Å². The van der Waals surface area contributed by atoms with Crippen molar-refractivity contribution in [2.75, 3.05) is 13.2 Å². The molecule has 1 fully saturated rings. The van der Waals surface area contributed by atoms with E-state index in [1.807, 2.05) is 0 Å². The highest BCUT2D eigenvalue weighted by molar-refractivity contribution is 9.11. The maximum absolute atomic E-state index is 12.2. The highest BCUT2D eigenvalue weighted by Gasteiger charge is 2.42. The Balaban J connectivity index is 2.10. The van der Waals surface area contributed by atoms with Crippen LogP contribution >= 0.6 is 31.9 Å². The molecule has 0 unspecified atom stereocenters. The maximum Gasteiger partial charge on any atom is 0.241 e. The summed E-state index contributed by atoms with van der Waals surface area (Å²) in [4.78, 5) is 0.232. The van der Waals surface area contributed by atoms with Crippen LogP contribution in [-0.4, -0.2) is 26.7 Å². The second-order valence-electron chi connectivity index (χ2n) is 4.87. The van der Waals surface area contributed by atoms with E-state index in [-0.39, 0.29) is 16.9 Å². The minimum absolute atomic E-state index is 0.0380. The van der Waals surface area contributed by atoms with Crippen LogP contribution in [0.5, 0.6) is 0 Å². The van der Waals surface area contributed by atoms with Gasteiger partial charge in [0.15, 0.2) is 0 Å². The highest BCUT2D eigenvalue weighted by atomic mass is 79.9. The Morgan fingerprint density at radius 1 is 1.32 bits per heavy atom. The van der Waals surface area contributed by atoms with Crippen LogP contribution in [0.4, 0.5) is 0 Å². The van der Waals surface area contributed by atoms with Crippen LogP contribution < -0.4 is 4.72 Å². The summed E-state index contributed by atoms with van der Waals surface area (Å²) in [6, 6.07) is 4.96. The van der Waals surface area contributed by atoms with Crippen molar-refractivity contribution in [2.45, 2.75) is 24.2 Å². The van der Waals surface area contributed by atoms with Gasteiger partial charge in [-0.05, 0) is 58.8 Å². The fraction of sp³-hybridized carbons (Fsp3) is 0.500. The van der Waals surface area contributed by atoms with E-state index in [1.54, 1.807) is 18.2 Å². The molecule has 1 saturated carbocycles. The highest BCUT2D eigenvalue weighted by Crippen LogP contribution is 2.48. The number of aliphatic hydroxyl groups excluding tert-OH is 1. The van der Waals surface area contributed by atoms with Gasteiger partial charge in [-0.1, -0.05) is 15.9 Å². The average molecular weight is 413 g/mol. The molecule has 4 nitrogen and oxygen atoms in total. The fourth-order valence-corrected chi connectivity index (χ4v) is 4.85. The molecule has 2 rings (SSSR count). The number of hydrogen-bond acceptors (Lipinski definition) is 3. The first-order chi connectivity index (χ1) is 8.88. The maximum atomic E-state index is 12.2. The first-order valence-corrected chi connectivity index (χ1v) is 9.01. The van der Waals surface area contributed by atoms with Gasteiger partial charge >= 0.3 is 0 Å². The number of rotatable bonds is 6. The molecule has 0 spiro atoms. The van der Waals surface area contributed by atoms with Crippen LogP contribution in [0.3, 0.4) is 0 Å². The van der Waals surface area contributed by atoms with E-state index in [0.29, 0.717) is 17.4 Å². The molecule has 0 heterocycles. The van der Waals surface area contributed by atoms with E-state index < -0.39 is 10.0 Å². The molecular weight excluding hydrogens is 398 g/mol. The topological polar surface area (TPSA) is 66.4 Å². The van der Waals surface area contributed by atoms with Gasteiger partial charge in [-0.2, -0.15) is 0 Å². The summed E-state index contributed by atoms with van der Waals surface area (Å²) < 4.78 is 28.4. The molecule has 1 aliphatic rings. The molecule has 0 bridgehead atoms. The minimum Gasteiger partial charge on any atom is -0.396 e. The van der Waals surface area contributed by atoms with E-state index in [1.165, 1.54) is 0 Å². The van der Waals surface area contributed by atoms with Crippen LogP contribution in [0.25, 0.3) is 0 Å². The first-order valence-electron chi connectivity index (χ1n) is 5.94. The average Bonchev–Trinajstić information content (AvgIpc) is 3.07. The molecule has 2 N–H and O–H groups in total. The van der Waals surface area contributed by atoms with Crippen molar-refractivity contribution in [2.24, 2.45) is 5.41 Å². The molecule has 19 heavy (non-hydrogen) atoms. The molecule has 1 aromatic carbocycles. The smallest absolute Gasteiger partial charge is 0.241 e. The van der Waals surface area contributed by atoms with Gasteiger partial charge in [-0.15, -0.1) is 0 Å². The second-order valence-corrected chi connectivity index (χ2v) is 8.38. The van der Waals surface area contributed by atoms with E-state index in [0.717, 1.165) is 17.3 Å². The van der Waals surface area contributed by atoms with Crippen molar-refractivity contribution < 1.29 is 13.5 Å². The van der Waals surface area contributed by atoms with Crippen LogP contribution in [0.15, 0.2) is 32.0 Å². The standard InChI is InChI=1S/C12H15Br2NO3S/c13-9-1-2-11(10(14)7-9)19(17,18)15-8-12(3-4-12)5-6-16/h1-2,7,15-16H,3-6,8H2. The van der Waals surface area contributed by atoms with Crippen molar-refractivity contribution in [1.82, 2.24) is 4.72 Å². The van der Waals surface area contributed by atoms with Crippen molar-refractivity contribution >= 4 is 41.9 Å². The Hall–Kier alpha value is 0.0500. The van der Waals surface area contributed by atoms with E-state index in [4.69, 9.17) is 5.11 Å². The van der Waals surface area contributed by atoms with Crippen molar-refractivity contribution in [1.29, 1.82) is 0 Å². The summed E-state index contributed by atoms with van der Waals surface area (Å²) in [5.41, 5.74) is -0.0380. The molecule has 0 amide bonds. The summed E-state index contributed by atoms with van der Waals surface area (Å²) >= 11 is 6.55. The monoisotopic (exact) mass is 411 g/mol. The fourth-order valence-electron chi connectivity index (χ4n) is 1.95. The summed E-state index contributed by atoms with van der Waals surface area (Å²) in [6.07, 6.45) is 2.59. The zero-order valence-electron chi connectivity index (χ0n) is 10.2. The van der Waals surface area contributed by atoms with E-state index >= 15 is 0 Å². The normalized spacial score (nSPS) is 17.4. The van der Waals surface area contributed by atoms with Gasteiger partial charge in [-0.3, -0.25) is 0 Å². The predicted molar refractivity (Wildman–Crippen MR) is 80.4 cm³/mol. The molecular formula is C12H15Br2NO3S. The Labute approximate surface area is 129 Å². The Morgan fingerprint density at radius 2 is 2.00 bits per heavy atom. The molecule has 0 aromatic heterocycles. The Kier molecular flexibility index (Phi) is 4.72. The van der Waals surface area contributed by atoms with E-state index in [2.05, 4.69) is 36.6 Å². The van der Waals surface area contributed by atoms with Gasteiger partial charge in [0, 0.05) is 22.1 Å². The zero-order valence-corrected chi connectivity index (χ0v) is 14.2. The van der Waals surface area contributed by atoms with Crippen molar-refractivity contribution in [3.63, 3.8) is 0 Å².